The highest BCUT2D eigenvalue weighted by Gasteiger charge is 2.46. The van der Waals surface area contributed by atoms with Crippen molar-refractivity contribution in [2.75, 3.05) is 13.1 Å². The first-order valence-corrected chi connectivity index (χ1v) is 6.98. The number of hydrogen-bond donors (Lipinski definition) is 1. The van der Waals surface area contributed by atoms with Gasteiger partial charge in [-0.25, -0.2) is 8.42 Å². The van der Waals surface area contributed by atoms with E-state index >= 15 is 0 Å². The van der Waals surface area contributed by atoms with Crippen molar-refractivity contribution >= 4 is 15.9 Å². The number of carbonyl (C=O) groups is 1. The summed E-state index contributed by atoms with van der Waals surface area (Å²) in [6.07, 6.45) is 0.215. The topological polar surface area (TPSA) is 90.3 Å². The van der Waals surface area contributed by atoms with Gasteiger partial charge in [0.25, 0.3) is 0 Å². The van der Waals surface area contributed by atoms with Crippen LogP contribution >= 0.6 is 0 Å². The minimum Gasteiger partial charge on any atom is -0.353 e. The van der Waals surface area contributed by atoms with E-state index in [-0.39, 0.29) is 25.4 Å². The van der Waals surface area contributed by atoms with Crippen LogP contribution in [0.5, 0.6) is 0 Å². The zero-order chi connectivity index (χ0) is 13.3. The van der Waals surface area contributed by atoms with Gasteiger partial charge in [-0.3, -0.25) is 4.79 Å². The SMILES string of the molecule is CCC(C#N)S(=O)(=O)N1CCNC(=O)C1(C)C. The summed E-state index contributed by atoms with van der Waals surface area (Å²) in [6, 6.07) is 1.78. The van der Waals surface area contributed by atoms with Gasteiger partial charge in [0, 0.05) is 13.1 Å². The predicted octanol–water partition coefficient (Wildman–Crippen LogP) is -0.171. The first kappa shape index (κ1) is 13.9. The fourth-order valence-electron chi connectivity index (χ4n) is 1.85. The van der Waals surface area contributed by atoms with E-state index in [1.54, 1.807) is 26.8 Å². The van der Waals surface area contributed by atoms with Crippen molar-refractivity contribution in [3.63, 3.8) is 0 Å². The molecule has 96 valence electrons. The molecule has 0 aromatic rings. The Bertz CT molecular complexity index is 450. The number of piperazine rings is 1. The number of carbonyl (C=O) groups excluding carboxylic acids is 1. The molecule has 1 heterocycles. The number of nitrogens with zero attached hydrogens (tertiary/aromatic N) is 2. The molecule has 1 atom stereocenters. The Morgan fingerprint density at radius 3 is 2.65 bits per heavy atom. The van der Waals surface area contributed by atoms with Crippen LogP contribution < -0.4 is 5.32 Å². The van der Waals surface area contributed by atoms with Crippen LogP contribution in [0.2, 0.25) is 0 Å². The number of nitriles is 1. The average Bonchev–Trinajstić information content (AvgIpc) is 2.23. The maximum atomic E-state index is 12.2. The monoisotopic (exact) mass is 259 g/mol. The lowest BCUT2D eigenvalue weighted by Crippen LogP contribution is -2.64. The molecule has 7 heteroatoms. The van der Waals surface area contributed by atoms with Gasteiger partial charge < -0.3 is 5.32 Å². The van der Waals surface area contributed by atoms with Crippen molar-refractivity contribution in [2.24, 2.45) is 0 Å². The summed E-state index contributed by atoms with van der Waals surface area (Å²) in [4.78, 5) is 11.7. The summed E-state index contributed by atoms with van der Waals surface area (Å²) < 4.78 is 25.6. The lowest BCUT2D eigenvalue weighted by Gasteiger charge is -2.40. The van der Waals surface area contributed by atoms with Crippen molar-refractivity contribution in [2.45, 2.75) is 38.0 Å². The molecule has 0 aromatic carbocycles. The molecule has 1 aliphatic rings. The zero-order valence-electron chi connectivity index (χ0n) is 10.2. The molecule has 1 aliphatic heterocycles. The van der Waals surface area contributed by atoms with E-state index in [0.717, 1.165) is 4.31 Å². The highest BCUT2D eigenvalue weighted by atomic mass is 32.2. The van der Waals surface area contributed by atoms with Gasteiger partial charge in [-0.05, 0) is 20.3 Å². The lowest BCUT2D eigenvalue weighted by atomic mass is 10.0. The molecule has 0 radical (unpaired) electrons. The van der Waals surface area contributed by atoms with Crippen LogP contribution in [0.1, 0.15) is 27.2 Å². The number of sulfonamides is 1. The Hall–Kier alpha value is -1.13. The molecule has 6 nitrogen and oxygen atoms in total. The van der Waals surface area contributed by atoms with E-state index in [9.17, 15) is 13.2 Å². The summed E-state index contributed by atoms with van der Waals surface area (Å²) in [5.41, 5.74) is -1.14. The van der Waals surface area contributed by atoms with Crippen molar-refractivity contribution in [1.82, 2.24) is 9.62 Å². The lowest BCUT2D eigenvalue weighted by molar-refractivity contribution is -0.131. The second-order valence-corrected chi connectivity index (χ2v) is 6.50. The van der Waals surface area contributed by atoms with Crippen LogP contribution in [0.25, 0.3) is 0 Å². The quantitative estimate of drug-likeness (QED) is 0.761. The van der Waals surface area contributed by atoms with Gasteiger partial charge >= 0.3 is 0 Å². The summed E-state index contributed by atoms with van der Waals surface area (Å²) in [7, 11) is -3.75. The summed E-state index contributed by atoms with van der Waals surface area (Å²) >= 11 is 0. The molecular weight excluding hydrogens is 242 g/mol. The van der Waals surface area contributed by atoms with Crippen LogP contribution in [0, 0.1) is 11.3 Å². The largest absolute Gasteiger partial charge is 0.353 e. The van der Waals surface area contributed by atoms with E-state index in [1.807, 2.05) is 0 Å². The number of hydrogen-bond acceptors (Lipinski definition) is 4. The van der Waals surface area contributed by atoms with E-state index in [4.69, 9.17) is 5.26 Å². The van der Waals surface area contributed by atoms with Gasteiger partial charge in [0.2, 0.25) is 15.9 Å². The van der Waals surface area contributed by atoms with Gasteiger partial charge in [0.15, 0.2) is 5.25 Å². The Balaban J connectivity index is 3.15. The molecule has 1 amide bonds. The second-order valence-electron chi connectivity index (χ2n) is 4.46. The van der Waals surface area contributed by atoms with Crippen LogP contribution in [-0.4, -0.2) is 42.5 Å². The third kappa shape index (κ3) is 2.28. The zero-order valence-corrected chi connectivity index (χ0v) is 11.0. The van der Waals surface area contributed by atoms with Crippen molar-refractivity contribution in [3.05, 3.63) is 0 Å². The Kier molecular flexibility index (Phi) is 3.79. The molecule has 1 saturated heterocycles. The van der Waals surface area contributed by atoms with Gasteiger partial charge in [-0.1, -0.05) is 6.92 Å². The first-order valence-electron chi connectivity index (χ1n) is 5.48. The third-order valence-corrected chi connectivity index (χ3v) is 5.37. The summed E-state index contributed by atoms with van der Waals surface area (Å²) in [5.74, 6) is -0.333. The normalized spacial score (nSPS) is 22.6. The molecule has 1 unspecified atom stereocenters. The number of nitrogens with one attached hydrogen (secondary N) is 1. The average molecular weight is 259 g/mol. The molecule has 0 spiro atoms. The summed E-state index contributed by atoms with van der Waals surface area (Å²) in [6.45, 7) is 5.22. The molecule has 1 N–H and O–H groups in total. The Labute approximate surface area is 102 Å². The van der Waals surface area contributed by atoms with Gasteiger partial charge in [0.1, 0.15) is 5.54 Å². The van der Waals surface area contributed by atoms with Crippen LogP contribution in [0.3, 0.4) is 0 Å². The molecule has 0 aromatic heterocycles. The molecule has 0 saturated carbocycles. The number of amides is 1. The molecular formula is C10H17N3O3S. The fourth-order valence-corrected chi connectivity index (χ4v) is 3.77. The van der Waals surface area contributed by atoms with Gasteiger partial charge in [-0.15, -0.1) is 0 Å². The standard InChI is InChI=1S/C10H17N3O3S/c1-4-8(7-11)17(15,16)13-6-5-12-9(14)10(13,2)3/h8H,4-6H2,1-3H3,(H,12,14). The smallest absolute Gasteiger partial charge is 0.241 e. The molecule has 0 aliphatic carbocycles. The highest BCUT2D eigenvalue weighted by molar-refractivity contribution is 7.90. The van der Waals surface area contributed by atoms with Crippen molar-refractivity contribution < 1.29 is 13.2 Å². The second kappa shape index (κ2) is 4.63. The minimum absolute atomic E-state index is 0.208. The molecule has 1 fully saturated rings. The van der Waals surface area contributed by atoms with Crippen LogP contribution in [0.4, 0.5) is 0 Å². The molecule has 17 heavy (non-hydrogen) atoms. The Morgan fingerprint density at radius 1 is 1.59 bits per heavy atom. The van der Waals surface area contributed by atoms with Crippen molar-refractivity contribution in [1.29, 1.82) is 5.26 Å². The Morgan fingerprint density at radius 2 is 2.18 bits per heavy atom. The minimum atomic E-state index is -3.75. The van der Waals surface area contributed by atoms with Gasteiger partial charge in [0.05, 0.1) is 6.07 Å². The maximum absolute atomic E-state index is 12.2. The molecule has 0 bridgehead atoms. The van der Waals surface area contributed by atoms with E-state index < -0.39 is 20.8 Å². The predicted molar refractivity (Wildman–Crippen MR) is 62.4 cm³/mol. The van der Waals surface area contributed by atoms with Crippen LogP contribution in [0.15, 0.2) is 0 Å². The van der Waals surface area contributed by atoms with E-state index in [0.29, 0.717) is 0 Å². The number of rotatable bonds is 3. The van der Waals surface area contributed by atoms with E-state index in [2.05, 4.69) is 5.32 Å². The highest BCUT2D eigenvalue weighted by Crippen LogP contribution is 2.25. The third-order valence-electron chi connectivity index (χ3n) is 2.96. The molecule has 1 rings (SSSR count). The van der Waals surface area contributed by atoms with E-state index in [1.165, 1.54) is 0 Å². The first-order chi connectivity index (χ1) is 7.78. The maximum Gasteiger partial charge on any atom is 0.241 e. The van der Waals surface area contributed by atoms with Gasteiger partial charge in [-0.2, -0.15) is 9.57 Å². The van der Waals surface area contributed by atoms with Crippen LogP contribution in [-0.2, 0) is 14.8 Å². The van der Waals surface area contributed by atoms with Crippen molar-refractivity contribution in [3.8, 4) is 6.07 Å². The fraction of sp³-hybridized carbons (Fsp3) is 0.800. The summed E-state index contributed by atoms with van der Waals surface area (Å²) in [5, 5.41) is 10.4.